The van der Waals surface area contributed by atoms with E-state index in [4.69, 9.17) is 19.9 Å². The second-order valence-electron chi connectivity index (χ2n) is 9.86. The van der Waals surface area contributed by atoms with Gasteiger partial charge in [-0.1, -0.05) is 12.1 Å². The lowest BCUT2D eigenvalue weighted by Gasteiger charge is -2.26. The SMILES string of the molecule is COC(=O)c1c(-c2ccc(F)cc2)c(-c2ccncc2)c(NCCN2CCOCC2)n1C.NCCN1CCOCC1. The standard InChI is InChI=1S/C24H27FN4O3.C6H14N2O/c1-28-22(24(30)31-2)20(17-3-5-19(25)6-4-17)21(18-7-9-26-10-8-18)23(28)27-11-12-29-13-15-32-16-14-29;7-1-2-8-3-5-9-6-4-8/h3-10,27H,11-16H2,1-2H3;1-7H2. The van der Waals surface area contributed by atoms with Crippen LogP contribution in [0.15, 0.2) is 48.8 Å². The summed E-state index contributed by atoms with van der Waals surface area (Å²) in [7, 11) is 3.20. The predicted molar refractivity (Wildman–Crippen MR) is 157 cm³/mol. The lowest BCUT2D eigenvalue weighted by atomic mass is 9.96. The lowest BCUT2D eigenvalue weighted by Crippen LogP contribution is -2.39. The van der Waals surface area contributed by atoms with Crippen LogP contribution in [-0.4, -0.2) is 111 Å². The number of carbonyl (C=O) groups is 1. The van der Waals surface area contributed by atoms with E-state index in [0.29, 0.717) is 17.8 Å². The number of rotatable bonds is 9. The minimum atomic E-state index is -0.455. The van der Waals surface area contributed by atoms with E-state index in [0.717, 1.165) is 94.7 Å². The number of methoxy groups -OCH3 is 1. The van der Waals surface area contributed by atoms with Crippen molar-refractivity contribution in [3.05, 3.63) is 60.3 Å². The number of hydrogen-bond donors (Lipinski definition) is 2. The summed E-state index contributed by atoms with van der Waals surface area (Å²) >= 11 is 0. The second kappa shape index (κ2) is 15.6. The van der Waals surface area contributed by atoms with Gasteiger partial charge in [0.25, 0.3) is 0 Å². The largest absolute Gasteiger partial charge is 0.464 e. The Hall–Kier alpha value is -3.35. The highest BCUT2D eigenvalue weighted by Crippen LogP contribution is 2.42. The van der Waals surface area contributed by atoms with Gasteiger partial charge in [0.15, 0.2) is 0 Å². The van der Waals surface area contributed by atoms with Crippen molar-refractivity contribution in [1.82, 2.24) is 19.4 Å². The summed E-state index contributed by atoms with van der Waals surface area (Å²) < 4.78 is 31.2. The third-order valence-electron chi connectivity index (χ3n) is 7.25. The zero-order valence-electron chi connectivity index (χ0n) is 24.0. The zero-order chi connectivity index (χ0) is 29.0. The molecule has 1 aromatic carbocycles. The molecule has 0 radical (unpaired) electrons. The summed E-state index contributed by atoms with van der Waals surface area (Å²) in [6, 6.07) is 9.95. The molecule has 4 heterocycles. The molecule has 0 aliphatic carbocycles. The molecule has 0 saturated carbocycles. The Kier molecular flexibility index (Phi) is 11.6. The Bertz CT molecular complexity index is 1220. The summed E-state index contributed by atoms with van der Waals surface area (Å²) in [6.45, 7) is 10.5. The molecule has 0 spiro atoms. The van der Waals surface area contributed by atoms with E-state index in [1.807, 2.05) is 23.7 Å². The number of aromatic nitrogens is 2. The highest BCUT2D eigenvalue weighted by molar-refractivity contribution is 6.05. The summed E-state index contributed by atoms with van der Waals surface area (Å²) in [5.74, 6) is 0.00571. The van der Waals surface area contributed by atoms with Gasteiger partial charge in [-0.05, 0) is 35.4 Å². The number of anilines is 1. The number of morpholine rings is 2. The Balaban J connectivity index is 0.000000367. The highest BCUT2D eigenvalue weighted by atomic mass is 19.1. The van der Waals surface area contributed by atoms with Gasteiger partial charge in [-0.2, -0.15) is 0 Å². The maximum absolute atomic E-state index is 13.6. The molecule has 2 aliphatic rings. The zero-order valence-corrected chi connectivity index (χ0v) is 24.0. The number of hydrogen-bond acceptors (Lipinski definition) is 9. The van der Waals surface area contributed by atoms with Crippen LogP contribution in [-0.2, 0) is 21.3 Å². The Morgan fingerprint density at radius 1 is 0.927 bits per heavy atom. The minimum Gasteiger partial charge on any atom is -0.464 e. The Labute approximate surface area is 241 Å². The number of ether oxygens (including phenoxy) is 3. The van der Waals surface area contributed by atoms with Crippen LogP contribution in [0.5, 0.6) is 0 Å². The molecule has 41 heavy (non-hydrogen) atoms. The molecular weight excluding hydrogens is 527 g/mol. The van der Waals surface area contributed by atoms with Crippen LogP contribution >= 0.6 is 0 Å². The molecule has 2 saturated heterocycles. The summed E-state index contributed by atoms with van der Waals surface area (Å²) in [6.07, 6.45) is 3.43. The summed E-state index contributed by atoms with van der Waals surface area (Å²) in [4.78, 5) is 21.6. The molecule has 11 heteroatoms. The van der Waals surface area contributed by atoms with Crippen LogP contribution in [0.4, 0.5) is 10.2 Å². The molecule has 2 fully saturated rings. The van der Waals surface area contributed by atoms with Gasteiger partial charge in [-0.25, -0.2) is 9.18 Å². The molecule has 0 bridgehead atoms. The number of benzene rings is 1. The molecule has 3 aromatic rings. The van der Waals surface area contributed by atoms with Crippen molar-refractivity contribution >= 4 is 11.8 Å². The first-order valence-corrected chi connectivity index (χ1v) is 14.0. The van der Waals surface area contributed by atoms with Crippen molar-refractivity contribution < 1.29 is 23.4 Å². The van der Waals surface area contributed by atoms with Crippen LogP contribution in [0.2, 0.25) is 0 Å². The van der Waals surface area contributed by atoms with Gasteiger partial charge in [0.2, 0.25) is 0 Å². The summed E-state index contributed by atoms with van der Waals surface area (Å²) in [5.41, 5.74) is 8.96. The first-order chi connectivity index (χ1) is 20.0. The van der Waals surface area contributed by atoms with E-state index in [9.17, 15) is 9.18 Å². The number of nitrogens with one attached hydrogen (secondary N) is 1. The fourth-order valence-electron chi connectivity index (χ4n) is 5.09. The minimum absolute atomic E-state index is 0.335. The fraction of sp³-hybridized carbons (Fsp3) is 0.467. The highest BCUT2D eigenvalue weighted by Gasteiger charge is 2.28. The smallest absolute Gasteiger partial charge is 0.355 e. The fourth-order valence-corrected chi connectivity index (χ4v) is 5.09. The molecule has 0 unspecified atom stereocenters. The van der Waals surface area contributed by atoms with Crippen molar-refractivity contribution in [3.63, 3.8) is 0 Å². The van der Waals surface area contributed by atoms with E-state index in [-0.39, 0.29) is 5.82 Å². The number of pyridine rings is 1. The van der Waals surface area contributed by atoms with Gasteiger partial charge >= 0.3 is 5.97 Å². The first-order valence-electron chi connectivity index (χ1n) is 14.0. The number of halogens is 1. The molecule has 10 nitrogen and oxygen atoms in total. The monoisotopic (exact) mass is 568 g/mol. The van der Waals surface area contributed by atoms with Crippen molar-refractivity contribution in [1.29, 1.82) is 0 Å². The topological polar surface area (TPSA) is 107 Å². The summed E-state index contributed by atoms with van der Waals surface area (Å²) in [5, 5.41) is 3.53. The second-order valence-corrected chi connectivity index (χ2v) is 9.86. The van der Waals surface area contributed by atoms with Crippen LogP contribution in [0.1, 0.15) is 10.5 Å². The van der Waals surface area contributed by atoms with E-state index >= 15 is 0 Å². The van der Waals surface area contributed by atoms with Gasteiger partial charge in [0.05, 0.1) is 33.5 Å². The maximum Gasteiger partial charge on any atom is 0.355 e. The van der Waals surface area contributed by atoms with Crippen molar-refractivity contribution in [2.24, 2.45) is 12.8 Å². The van der Waals surface area contributed by atoms with Gasteiger partial charge in [0, 0.05) is 82.9 Å². The van der Waals surface area contributed by atoms with E-state index in [1.165, 1.54) is 19.2 Å². The van der Waals surface area contributed by atoms with Gasteiger partial charge in [-0.3, -0.25) is 14.8 Å². The first kappa shape index (κ1) is 30.6. The van der Waals surface area contributed by atoms with Gasteiger partial charge in [0.1, 0.15) is 17.3 Å². The van der Waals surface area contributed by atoms with Gasteiger partial charge in [-0.15, -0.1) is 0 Å². The van der Waals surface area contributed by atoms with Gasteiger partial charge < -0.3 is 29.8 Å². The van der Waals surface area contributed by atoms with E-state index in [1.54, 1.807) is 24.5 Å². The predicted octanol–water partition coefficient (Wildman–Crippen LogP) is 2.70. The van der Waals surface area contributed by atoms with Crippen LogP contribution < -0.4 is 11.1 Å². The molecule has 2 aliphatic heterocycles. The lowest BCUT2D eigenvalue weighted by molar-refractivity contribution is 0.0394. The van der Waals surface area contributed by atoms with E-state index < -0.39 is 5.97 Å². The molecule has 0 atom stereocenters. The van der Waals surface area contributed by atoms with Crippen LogP contribution in [0, 0.1) is 5.82 Å². The molecule has 222 valence electrons. The average molecular weight is 569 g/mol. The average Bonchev–Trinajstić information content (AvgIpc) is 3.31. The Morgan fingerprint density at radius 3 is 2.05 bits per heavy atom. The molecule has 3 N–H and O–H groups in total. The number of nitrogens with two attached hydrogens (primary N) is 1. The molecule has 0 amide bonds. The maximum atomic E-state index is 13.6. The number of carbonyl (C=O) groups excluding carboxylic acids is 1. The van der Waals surface area contributed by atoms with Crippen molar-refractivity contribution in [2.45, 2.75) is 0 Å². The molecule has 2 aromatic heterocycles. The van der Waals surface area contributed by atoms with Crippen LogP contribution in [0.3, 0.4) is 0 Å². The van der Waals surface area contributed by atoms with Crippen LogP contribution in [0.25, 0.3) is 22.3 Å². The third-order valence-corrected chi connectivity index (χ3v) is 7.25. The van der Waals surface area contributed by atoms with Crippen molar-refractivity contribution in [2.75, 3.05) is 91.2 Å². The van der Waals surface area contributed by atoms with E-state index in [2.05, 4.69) is 20.1 Å². The van der Waals surface area contributed by atoms with Crippen molar-refractivity contribution in [3.8, 4) is 22.3 Å². The normalized spacial score (nSPS) is 16.1. The molecule has 5 rings (SSSR count). The third kappa shape index (κ3) is 8.11. The molecular formula is C30H41FN6O4. The Morgan fingerprint density at radius 2 is 1.49 bits per heavy atom. The number of nitrogens with zero attached hydrogens (tertiary/aromatic N) is 4. The quantitative estimate of drug-likeness (QED) is 0.377. The number of esters is 1.